The van der Waals surface area contributed by atoms with Crippen LogP contribution in [0.2, 0.25) is 0 Å². The molecule has 1 aliphatic heterocycles. The zero-order valence-corrected chi connectivity index (χ0v) is 9.06. The maximum atomic E-state index is 11.2. The fourth-order valence-electron chi connectivity index (χ4n) is 1.17. The number of amides is 2. The summed E-state index contributed by atoms with van der Waals surface area (Å²) in [5.74, 6) is -1.08. The van der Waals surface area contributed by atoms with Crippen molar-refractivity contribution in [2.75, 3.05) is 26.4 Å². The van der Waals surface area contributed by atoms with E-state index in [2.05, 4.69) is 10.6 Å². The highest BCUT2D eigenvalue weighted by Crippen LogP contribution is 1.98. The van der Waals surface area contributed by atoms with Gasteiger partial charge in [0.15, 0.2) is 0 Å². The van der Waals surface area contributed by atoms with Crippen molar-refractivity contribution < 1.29 is 24.2 Å². The Labute approximate surface area is 93.1 Å². The summed E-state index contributed by atoms with van der Waals surface area (Å²) in [5, 5.41) is 13.4. The second-order valence-corrected chi connectivity index (χ2v) is 3.48. The van der Waals surface area contributed by atoms with Crippen molar-refractivity contribution >= 4 is 12.0 Å². The molecule has 1 saturated heterocycles. The minimum absolute atomic E-state index is 0.167. The van der Waals surface area contributed by atoms with Crippen LogP contribution >= 0.6 is 0 Å². The van der Waals surface area contributed by atoms with Gasteiger partial charge in [0.25, 0.3) is 0 Å². The molecule has 1 fully saturated rings. The first-order chi connectivity index (χ1) is 7.59. The topological polar surface area (TPSA) is 96.9 Å². The van der Waals surface area contributed by atoms with Gasteiger partial charge in [0.1, 0.15) is 6.04 Å². The van der Waals surface area contributed by atoms with Gasteiger partial charge in [-0.1, -0.05) is 0 Å². The molecule has 0 aromatic carbocycles. The molecule has 0 bridgehead atoms. The monoisotopic (exact) mass is 232 g/mol. The van der Waals surface area contributed by atoms with Gasteiger partial charge in [0.05, 0.1) is 25.9 Å². The van der Waals surface area contributed by atoms with Crippen LogP contribution in [0.3, 0.4) is 0 Å². The Hall–Kier alpha value is -1.34. The third-order valence-corrected chi connectivity index (χ3v) is 2.09. The van der Waals surface area contributed by atoms with E-state index in [1.807, 2.05) is 0 Å². The highest BCUT2D eigenvalue weighted by atomic mass is 16.6. The lowest BCUT2D eigenvalue weighted by molar-refractivity contribution is -0.138. The van der Waals surface area contributed by atoms with Crippen molar-refractivity contribution in [3.63, 3.8) is 0 Å². The number of ether oxygens (including phenoxy) is 2. The second-order valence-electron chi connectivity index (χ2n) is 3.48. The molecule has 2 atom stereocenters. The van der Waals surface area contributed by atoms with Crippen LogP contribution in [0.5, 0.6) is 0 Å². The Morgan fingerprint density at radius 3 is 2.81 bits per heavy atom. The summed E-state index contributed by atoms with van der Waals surface area (Å²) < 4.78 is 10.4. The molecule has 1 rings (SSSR count). The number of urea groups is 1. The maximum Gasteiger partial charge on any atom is 0.325 e. The van der Waals surface area contributed by atoms with E-state index in [1.165, 1.54) is 6.92 Å². The lowest BCUT2D eigenvalue weighted by Crippen LogP contribution is -2.48. The number of hydrogen-bond acceptors (Lipinski definition) is 4. The molecule has 1 aliphatic rings. The molecule has 7 heteroatoms. The van der Waals surface area contributed by atoms with Crippen LogP contribution in [0.25, 0.3) is 0 Å². The van der Waals surface area contributed by atoms with Crippen LogP contribution in [0.4, 0.5) is 4.79 Å². The Bertz CT molecular complexity index is 252. The first-order valence-corrected chi connectivity index (χ1v) is 5.06. The van der Waals surface area contributed by atoms with Crippen LogP contribution in [0.1, 0.15) is 6.92 Å². The number of carboxylic acids is 1. The van der Waals surface area contributed by atoms with Gasteiger partial charge in [-0.2, -0.15) is 0 Å². The van der Waals surface area contributed by atoms with E-state index in [0.29, 0.717) is 26.4 Å². The number of carbonyl (C=O) groups excluding carboxylic acids is 1. The molecule has 0 radical (unpaired) electrons. The molecule has 0 aliphatic carbocycles. The van der Waals surface area contributed by atoms with Crippen LogP contribution < -0.4 is 10.6 Å². The van der Waals surface area contributed by atoms with Crippen molar-refractivity contribution in [1.82, 2.24) is 10.6 Å². The Morgan fingerprint density at radius 1 is 1.50 bits per heavy atom. The SMILES string of the molecule is C[C@@H](NC(=O)NCC1COCCO1)C(=O)O. The number of nitrogens with one attached hydrogen (secondary N) is 2. The summed E-state index contributed by atoms with van der Waals surface area (Å²) in [5.41, 5.74) is 0. The average Bonchev–Trinajstić information content (AvgIpc) is 2.27. The molecule has 1 unspecified atom stereocenters. The predicted molar refractivity (Wildman–Crippen MR) is 54.2 cm³/mol. The Kier molecular flexibility index (Phi) is 5.00. The Balaban J connectivity index is 2.16. The number of carbonyl (C=O) groups is 2. The van der Waals surface area contributed by atoms with Crippen LogP contribution in [0.15, 0.2) is 0 Å². The van der Waals surface area contributed by atoms with E-state index >= 15 is 0 Å². The average molecular weight is 232 g/mol. The molecule has 0 saturated carbocycles. The second kappa shape index (κ2) is 6.29. The third kappa shape index (κ3) is 4.45. The third-order valence-electron chi connectivity index (χ3n) is 2.09. The van der Waals surface area contributed by atoms with E-state index in [4.69, 9.17) is 14.6 Å². The zero-order valence-electron chi connectivity index (χ0n) is 9.06. The standard InChI is InChI=1S/C9H16N2O5/c1-6(8(12)13)11-9(14)10-4-7-5-15-2-3-16-7/h6-7H,2-5H2,1H3,(H,12,13)(H2,10,11,14)/t6-,7?/m1/s1. The lowest BCUT2D eigenvalue weighted by Gasteiger charge is -2.23. The van der Waals surface area contributed by atoms with Gasteiger partial charge in [-0.05, 0) is 6.92 Å². The minimum Gasteiger partial charge on any atom is -0.480 e. The van der Waals surface area contributed by atoms with Gasteiger partial charge in [0, 0.05) is 6.54 Å². The largest absolute Gasteiger partial charge is 0.480 e. The molecule has 3 N–H and O–H groups in total. The summed E-state index contributed by atoms with van der Waals surface area (Å²) >= 11 is 0. The molecule has 0 spiro atoms. The van der Waals surface area contributed by atoms with Crippen molar-refractivity contribution in [1.29, 1.82) is 0 Å². The summed E-state index contributed by atoms with van der Waals surface area (Å²) in [6, 6.07) is -1.44. The molecular formula is C9H16N2O5. The van der Waals surface area contributed by atoms with Crippen molar-refractivity contribution in [3.05, 3.63) is 0 Å². The van der Waals surface area contributed by atoms with Crippen LogP contribution in [0, 0.1) is 0 Å². The highest BCUT2D eigenvalue weighted by molar-refractivity contribution is 5.82. The number of carboxylic acid groups (broad SMARTS) is 1. The van der Waals surface area contributed by atoms with Crippen molar-refractivity contribution in [3.8, 4) is 0 Å². The zero-order chi connectivity index (χ0) is 12.0. The molecule has 16 heavy (non-hydrogen) atoms. The van der Waals surface area contributed by atoms with E-state index in [1.54, 1.807) is 0 Å². The summed E-state index contributed by atoms with van der Waals surface area (Å²) in [4.78, 5) is 21.7. The number of hydrogen-bond donors (Lipinski definition) is 3. The van der Waals surface area contributed by atoms with E-state index in [0.717, 1.165) is 0 Å². The molecular weight excluding hydrogens is 216 g/mol. The van der Waals surface area contributed by atoms with Gasteiger partial charge in [-0.25, -0.2) is 4.79 Å². The summed E-state index contributed by atoms with van der Waals surface area (Å²) in [7, 11) is 0. The number of aliphatic carboxylic acids is 1. The van der Waals surface area contributed by atoms with Gasteiger partial charge in [-0.3, -0.25) is 4.79 Å². The molecule has 0 aromatic heterocycles. The fraction of sp³-hybridized carbons (Fsp3) is 0.778. The summed E-state index contributed by atoms with van der Waals surface area (Å²) in [6.07, 6.45) is -0.167. The molecule has 7 nitrogen and oxygen atoms in total. The first-order valence-electron chi connectivity index (χ1n) is 5.06. The van der Waals surface area contributed by atoms with Gasteiger partial charge in [0.2, 0.25) is 0 Å². The minimum atomic E-state index is -1.08. The number of rotatable bonds is 4. The van der Waals surface area contributed by atoms with Crippen LogP contribution in [-0.4, -0.2) is 55.6 Å². The quantitative estimate of drug-likeness (QED) is 0.588. The smallest absolute Gasteiger partial charge is 0.325 e. The molecule has 1 heterocycles. The Morgan fingerprint density at radius 2 is 2.25 bits per heavy atom. The van der Waals surface area contributed by atoms with E-state index in [9.17, 15) is 9.59 Å². The molecule has 92 valence electrons. The van der Waals surface area contributed by atoms with Crippen molar-refractivity contribution in [2.24, 2.45) is 0 Å². The maximum absolute atomic E-state index is 11.2. The van der Waals surface area contributed by atoms with Gasteiger partial charge < -0.3 is 25.2 Å². The van der Waals surface area contributed by atoms with E-state index < -0.39 is 18.0 Å². The summed E-state index contributed by atoms with van der Waals surface area (Å²) in [6.45, 7) is 3.22. The highest BCUT2D eigenvalue weighted by Gasteiger charge is 2.17. The first kappa shape index (κ1) is 12.7. The lowest BCUT2D eigenvalue weighted by atomic mass is 10.3. The van der Waals surface area contributed by atoms with E-state index in [-0.39, 0.29) is 6.10 Å². The van der Waals surface area contributed by atoms with Crippen molar-refractivity contribution in [2.45, 2.75) is 19.1 Å². The van der Waals surface area contributed by atoms with Gasteiger partial charge >= 0.3 is 12.0 Å². The normalized spacial score (nSPS) is 22.2. The molecule has 2 amide bonds. The predicted octanol–water partition coefficient (Wildman–Crippen LogP) is -0.826. The van der Waals surface area contributed by atoms with Gasteiger partial charge in [-0.15, -0.1) is 0 Å². The molecule has 0 aromatic rings. The fourth-order valence-corrected chi connectivity index (χ4v) is 1.17. The van der Waals surface area contributed by atoms with Crippen LogP contribution in [-0.2, 0) is 14.3 Å².